The van der Waals surface area contributed by atoms with Gasteiger partial charge >= 0.3 is 0 Å². The van der Waals surface area contributed by atoms with Crippen LogP contribution in [-0.2, 0) is 5.41 Å². The molecule has 5 heteroatoms. The van der Waals surface area contributed by atoms with Crippen LogP contribution >= 0.6 is 0 Å². The Hall–Kier alpha value is -1.91. The molecule has 3 rings (SSSR count). The van der Waals surface area contributed by atoms with Crippen LogP contribution in [0.5, 0.6) is 0 Å². The Bertz CT molecular complexity index is 594. The lowest BCUT2D eigenvalue weighted by atomic mass is 9.96. The van der Waals surface area contributed by atoms with E-state index in [2.05, 4.69) is 40.8 Å². The quantitative estimate of drug-likeness (QED) is 0.841. The minimum Gasteiger partial charge on any atom is -0.371 e. The summed E-state index contributed by atoms with van der Waals surface area (Å²) in [7, 11) is 0. The molecular formula is C15H20N4O. The highest BCUT2D eigenvalue weighted by Gasteiger charge is 2.22. The monoisotopic (exact) mass is 272 g/mol. The largest absolute Gasteiger partial charge is 0.371 e. The van der Waals surface area contributed by atoms with Crippen molar-refractivity contribution in [3.63, 3.8) is 0 Å². The molecule has 2 aromatic heterocycles. The first kappa shape index (κ1) is 13.1. The molecule has 1 saturated heterocycles. The molecule has 0 saturated carbocycles. The summed E-state index contributed by atoms with van der Waals surface area (Å²) < 4.78 is 5.35. The van der Waals surface area contributed by atoms with Crippen molar-refractivity contribution in [1.82, 2.24) is 15.1 Å². The summed E-state index contributed by atoms with van der Waals surface area (Å²) in [4.78, 5) is 11.2. The fourth-order valence-electron chi connectivity index (χ4n) is 2.34. The highest BCUT2D eigenvalue weighted by Crippen LogP contribution is 2.26. The molecule has 0 amide bonds. The lowest BCUT2D eigenvalue weighted by Gasteiger charge is -2.17. The van der Waals surface area contributed by atoms with E-state index in [0.29, 0.717) is 11.7 Å². The molecule has 1 fully saturated rings. The third-order valence-electron chi connectivity index (χ3n) is 3.53. The topological polar surface area (TPSA) is 55.1 Å². The number of nitrogens with zero attached hydrogens (tertiary/aromatic N) is 4. The molecule has 0 unspecified atom stereocenters. The van der Waals surface area contributed by atoms with Crippen LogP contribution in [0.3, 0.4) is 0 Å². The second kappa shape index (κ2) is 4.89. The second-order valence-corrected chi connectivity index (χ2v) is 6.27. The molecule has 106 valence electrons. The molecule has 20 heavy (non-hydrogen) atoms. The Morgan fingerprint density at radius 3 is 2.60 bits per heavy atom. The van der Waals surface area contributed by atoms with Gasteiger partial charge in [0, 0.05) is 30.4 Å². The van der Waals surface area contributed by atoms with Crippen molar-refractivity contribution in [3.8, 4) is 11.6 Å². The van der Waals surface area contributed by atoms with Crippen LogP contribution in [-0.4, -0.2) is 28.2 Å². The van der Waals surface area contributed by atoms with Crippen LogP contribution in [0.15, 0.2) is 22.9 Å². The molecule has 0 spiro atoms. The van der Waals surface area contributed by atoms with Gasteiger partial charge in [-0.2, -0.15) is 4.98 Å². The number of anilines is 1. The van der Waals surface area contributed by atoms with E-state index >= 15 is 0 Å². The Kier molecular flexibility index (Phi) is 3.20. The molecule has 0 aromatic carbocycles. The zero-order valence-electron chi connectivity index (χ0n) is 12.3. The highest BCUT2D eigenvalue weighted by atomic mass is 16.5. The van der Waals surface area contributed by atoms with Gasteiger partial charge in [-0.25, -0.2) is 0 Å². The normalized spacial score (nSPS) is 15.8. The minimum absolute atomic E-state index is 0.117. The first-order valence-corrected chi connectivity index (χ1v) is 7.09. The predicted molar refractivity (Wildman–Crippen MR) is 77.7 cm³/mol. The number of rotatable bonds is 2. The molecule has 5 nitrogen and oxygen atoms in total. The first-order valence-electron chi connectivity index (χ1n) is 7.09. The SMILES string of the molecule is CC(C)(C)c1noc(-c2cc(N3CCCC3)ccn2)n1. The summed E-state index contributed by atoms with van der Waals surface area (Å²) in [5.41, 5.74) is 1.81. The molecule has 2 aromatic rings. The van der Waals surface area contributed by atoms with Crippen molar-refractivity contribution in [1.29, 1.82) is 0 Å². The molecule has 0 N–H and O–H groups in total. The van der Waals surface area contributed by atoms with E-state index in [0.717, 1.165) is 18.8 Å². The van der Waals surface area contributed by atoms with E-state index in [1.165, 1.54) is 18.5 Å². The third kappa shape index (κ3) is 2.53. The Balaban J connectivity index is 1.90. The summed E-state index contributed by atoms with van der Waals surface area (Å²) in [5.74, 6) is 1.21. The number of hydrogen-bond acceptors (Lipinski definition) is 5. The second-order valence-electron chi connectivity index (χ2n) is 6.27. The van der Waals surface area contributed by atoms with E-state index in [-0.39, 0.29) is 5.41 Å². The van der Waals surface area contributed by atoms with Gasteiger partial charge in [-0.1, -0.05) is 25.9 Å². The van der Waals surface area contributed by atoms with E-state index in [9.17, 15) is 0 Å². The summed E-state index contributed by atoms with van der Waals surface area (Å²) in [6.07, 6.45) is 4.32. The van der Waals surface area contributed by atoms with Crippen LogP contribution in [0.2, 0.25) is 0 Å². The molecule has 1 aliphatic heterocycles. The van der Waals surface area contributed by atoms with Gasteiger partial charge in [0.1, 0.15) is 5.69 Å². The maximum Gasteiger partial charge on any atom is 0.276 e. The summed E-state index contributed by atoms with van der Waals surface area (Å²) in [6, 6.07) is 4.07. The van der Waals surface area contributed by atoms with E-state index < -0.39 is 0 Å². The maximum atomic E-state index is 5.35. The van der Waals surface area contributed by atoms with Gasteiger partial charge in [-0.15, -0.1) is 0 Å². The molecular weight excluding hydrogens is 252 g/mol. The first-order chi connectivity index (χ1) is 9.54. The van der Waals surface area contributed by atoms with Crippen molar-refractivity contribution in [2.75, 3.05) is 18.0 Å². The smallest absolute Gasteiger partial charge is 0.276 e. The Morgan fingerprint density at radius 1 is 1.20 bits per heavy atom. The number of hydrogen-bond donors (Lipinski definition) is 0. The third-order valence-corrected chi connectivity index (χ3v) is 3.53. The van der Waals surface area contributed by atoms with Gasteiger partial charge in [0.2, 0.25) is 0 Å². The highest BCUT2D eigenvalue weighted by molar-refractivity contribution is 5.58. The molecule has 3 heterocycles. The van der Waals surface area contributed by atoms with Crippen LogP contribution in [0.1, 0.15) is 39.4 Å². The van der Waals surface area contributed by atoms with Gasteiger partial charge in [0.25, 0.3) is 5.89 Å². The van der Waals surface area contributed by atoms with Crippen LogP contribution in [0.4, 0.5) is 5.69 Å². The van der Waals surface area contributed by atoms with E-state index in [4.69, 9.17) is 4.52 Å². The molecule has 0 aliphatic carbocycles. The molecule has 0 radical (unpaired) electrons. The van der Waals surface area contributed by atoms with Crippen molar-refractivity contribution in [3.05, 3.63) is 24.2 Å². The Labute approximate surface area is 119 Å². The average molecular weight is 272 g/mol. The van der Waals surface area contributed by atoms with Crippen molar-refractivity contribution in [2.45, 2.75) is 39.0 Å². The fourth-order valence-corrected chi connectivity index (χ4v) is 2.34. The fraction of sp³-hybridized carbons (Fsp3) is 0.533. The minimum atomic E-state index is -0.117. The van der Waals surface area contributed by atoms with Crippen LogP contribution in [0.25, 0.3) is 11.6 Å². The van der Waals surface area contributed by atoms with Crippen LogP contribution in [0, 0.1) is 0 Å². The maximum absolute atomic E-state index is 5.35. The zero-order chi connectivity index (χ0) is 14.2. The lowest BCUT2D eigenvalue weighted by molar-refractivity contribution is 0.401. The van der Waals surface area contributed by atoms with E-state index in [1.54, 1.807) is 0 Å². The van der Waals surface area contributed by atoms with Gasteiger partial charge < -0.3 is 9.42 Å². The molecule has 0 bridgehead atoms. The van der Waals surface area contributed by atoms with Gasteiger partial charge in [-0.05, 0) is 25.0 Å². The molecule has 1 aliphatic rings. The van der Waals surface area contributed by atoms with Crippen molar-refractivity contribution in [2.24, 2.45) is 0 Å². The average Bonchev–Trinajstić information content (AvgIpc) is 3.10. The Morgan fingerprint density at radius 2 is 1.95 bits per heavy atom. The summed E-state index contributed by atoms with van der Waals surface area (Å²) in [5, 5.41) is 4.05. The number of pyridine rings is 1. The zero-order valence-corrected chi connectivity index (χ0v) is 12.3. The van der Waals surface area contributed by atoms with Gasteiger partial charge in [0.05, 0.1) is 0 Å². The van der Waals surface area contributed by atoms with Gasteiger partial charge in [0.15, 0.2) is 5.82 Å². The summed E-state index contributed by atoms with van der Waals surface area (Å²) >= 11 is 0. The molecule has 0 atom stereocenters. The standard InChI is InChI=1S/C15H20N4O/c1-15(2,3)14-17-13(20-18-14)12-10-11(6-7-16-12)19-8-4-5-9-19/h6-7,10H,4-5,8-9H2,1-3H3. The van der Waals surface area contributed by atoms with Crippen LogP contribution < -0.4 is 4.90 Å². The van der Waals surface area contributed by atoms with E-state index in [1.807, 2.05) is 18.3 Å². The number of aromatic nitrogens is 3. The van der Waals surface area contributed by atoms with Crippen molar-refractivity contribution >= 4 is 5.69 Å². The summed E-state index contributed by atoms with van der Waals surface area (Å²) in [6.45, 7) is 8.42. The van der Waals surface area contributed by atoms with Gasteiger partial charge in [-0.3, -0.25) is 4.98 Å². The lowest BCUT2D eigenvalue weighted by Crippen LogP contribution is -2.17. The van der Waals surface area contributed by atoms with Crippen molar-refractivity contribution < 1.29 is 4.52 Å². The predicted octanol–water partition coefficient (Wildman–Crippen LogP) is 3.03.